The Bertz CT molecular complexity index is 907. The van der Waals surface area contributed by atoms with E-state index in [0.717, 1.165) is 16.8 Å². The predicted octanol–water partition coefficient (Wildman–Crippen LogP) is 3.46. The molecule has 7 heteroatoms. The monoisotopic (exact) mass is 383 g/mol. The average molecular weight is 383 g/mol. The van der Waals surface area contributed by atoms with Gasteiger partial charge in [0.1, 0.15) is 0 Å². The zero-order chi connectivity index (χ0) is 20.7. The van der Waals surface area contributed by atoms with Gasteiger partial charge >= 0.3 is 0 Å². The quantitative estimate of drug-likeness (QED) is 0.566. The Balaban J connectivity index is 1.97. The van der Waals surface area contributed by atoms with Crippen LogP contribution in [0, 0.1) is 13.8 Å². The lowest BCUT2D eigenvalue weighted by Gasteiger charge is -2.10. The highest BCUT2D eigenvalue weighted by Crippen LogP contribution is 2.27. The Morgan fingerprint density at radius 2 is 1.75 bits per heavy atom. The van der Waals surface area contributed by atoms with Gasteiger partial charge in [0.2, 0.25) is 5.91 Å². The summed E-state index contributed by atoms with van der Waals surface area (Å²) < 4.78 is 10.3. The first-order valence-corrected chi connectivity index (χ1v) is 8.77. The summed E-state index contributed by atoms with van der Waals surface area (Å²) in [6.07, 6.45) is 0.0690. The lowest BCUT2D eigenvalue weighted by Crippen LogP contribution is -2.21. The van der Waals surface area contributed by atoms with E-state index in [1.54, 1.807) is 25.1 Å². The first-order valence-electron chi connectivity index (χ1n) is 8.77. The van der Waals surface area contributed by atoms with Crippen LogP contribution < -0.4 is 20.2 Å². The summed E-state index contributed by atoms with van der Waals surface area (Å²) in [4.78, 5) is 24.5. The molecule has 0 fully saturated rings. The molecule has 2 rings (SSSR count). The lowest BCUT2D eigenvalue weighted by molar-refractivity contribution is -0.115. The van der Waals surface area contributed by atoms with Crippen LogP contribution in [0.3, 0.4) is 0 Å². The zero-order valence-corrected chi connectivity index (χ0v) is 16.8. The van der Waals surface area contributed by atoms with Crippen molar-refractivity contribution in [1.82, 2.24) is 5.43 Å². The summed E-state index contributed by atoms with van der Waals surface area (Å²) >= 11 is 0. The Labute approximate surface area is 164 Å². The van der Waals surface area contributed by atoms with Crippen LogP contribution >= 0.6 is 0 Å². The first-order chi connectivity index (χ1) is 13.3. The molecule has 148 valence electrons. The summed E-state index contributed by atoms with van der Waals surface area (Å²) in [6, 6.07) is 10.5. The molecule has 0 saturated heterocycles. The van der Waals surface area contributed by atoms with Gasteiger partial charge in [0.25, 0.3) is 5.91 Å². The van der Waals surface area contributed by atoms with E-state index >= 15 is 0 Å². The van der Waals surface area contributed by atoms with E-state index in [1.807, 2.05) is 32.0 Å². The van der Waals surface area contributed by atoms with Gasteiger partial charge < -0.3 is 14.8 Å². The minimum absolute atomic E-state index is 0.0690. The third-order valence-electron chi connectivity index (χ3n) is 4.29. The predicted molar refractivity (Wildman–Crippen MR) is 109 cm³/mol. The van der Waals surface area contributed by atoms with Gasteiger partial charge in [-0.2, -0.15) is 5.10 Å². The van der Waals surface area contributed by atoms with Crippen molar-refractivity contribution in [2.45, 2.75) is 27.2 Å². The SMILES string of the molecule is COc1ccc(C(=O)N/N=C(\C)CC(=O)Nc2cccc(C)c2C)cc1OC. The molecule has 28 heavy (non-hydrogen) atoms. The number of hydrogen-bond acceptors (Lipinski definition) is 5. The third-order valence-corrected chi connectivity index (χ3v) is 4.29. The number of carbonyl (C=O) groups is 2. The number of rotatable bonds is 7. The largest absolute Gasteiger partial charge is 0.493 e. The highest BCUT2D eigenvalue weighted by molar-refractivity contribution is 6.06. The fourth-order valence-corrected chi connectivity index (χ4v) is 2.54. The molecule has 0 aliphatic rings. The number of benzene rings is 2. The molecule has 7 nitrogen and oxygen atoms in total. The number of amides is 2. The topological polar surface area (TPSA) is 89.0 Å². The number of anilines is 1. The second-order valence-corrected chi connectivity index (χ2v) is 6.33. The fourth-order valence-electron chi connectivity index (χ4n) is 2.54. The van der Waals surface area contributed by atoms with E-state index < -0.39 is 5.91 Å². The summed E-state index contributed by atoms with van der Waals surface area (Å²) in [7, 11) is 3.02. The van der Waals surface area contributed by atoms with Gasteiger partial charge in [-0.1, -0.05) is 12.1 Å². The Hall–Kier alpha value is -3.35. The van der Waals surface area contributed by atoms with Crippen molar-refractivity contribution < 1.29 is 19.1 Å². The number of ether oxygens (including phenoxy) is 2. The van der Waals surface area contributed by atoms with Crippen molar-refractivity contribution in [2.75, 3.05) is 19.5 Å². The second kappa shape index (κ2) is 9.55. The normalized spacial score (nSPS) is 11.0. The average Bonchev–Trinajstić information content (AvgIpc) is 2.69. The maximum absolute atomic E-state index is 12.3. The molecular formula is C21H25N3O4. The minimum atomic E-state index is -0.407. The Morgan fingerprint density at radius 1 is 1.04 bits per heavy atom. The minimum Gasteiger partial charge on any atom is -0.493 e. The molecule has 0 aromatic heterocycles. The summed E-state index contributed by atoms with van der Waals surface area (Å²) in [6.45, 7) is 5.62. The number of hydrogen-bond donors (Lipinski definition) is 2. The molecule has 2 aromatic rings. The van der Waals surface area contributed by atoms with Gasteiger partial charge in [-0.05, 0) is 56.2 Å². The van der Waals surface area contributed by atoms with E-state index in [2.05, 4.69) is 15.8 Å². The van der Waals surface area contributed by atoms with Crippen molar-refractivity contribution in [3.05, 3.63) is 53.1 Å². The molecule has 2 aromatic carbocycles. The highest BCUT2D eigenvalue weighted by Gasteiger charge is 2.11. The fraction of sp³-hybridized carbons (Fsp3) is 0.286. The van der Waals surface area contributed by atoms with E-state index in [4.69, 9.17) is 9.47 Å². The van der Waals surface area contributed by atoms with Gasteiger partial charge in [0, 0.05) is 17.0 Å². The summed E-state index contributed by atoms with van der Waals surface area (Å²) in [5, 5.41) is 6.87. The number of carbonyl (C=O) groups excluding carboxylic acids is 2. The van der Waals surface area contributed by atoms with Crippen molar-refractivity contribution in [2.24, 2.45) is 5.10 Å². The van der Waals surface area contributed by atoms with Gasteiger partial charge in [-0.15, -0.1) is 0 Å². The molecule has 0 saturated carbocycles. The summed E-state index contributed by atoms with van der Waals surface area (Å²) in [5.74, 6) is 0.371. The molecule has 0 atom stereocenters. The van der Waals surface area contributed by atoms with Crippen molar-refractivity contribution in [3.8, 4) is 11.5 Å². The van der Waals surface area contributed by atoms with E-state index in [0.29, 0.717) is 22.8 Å². The molecule has 0 radical (unpaired) electrons. The Morgan fingerprint density at radius 3 is 2.43 bits per heavy atom. The van der Waals surface area contributed by atoms with Crippen LogP contribution in [0.15, 0.2) is 41.5 Å². The summed E-state index contributed by atoms with van der Waals surface area (Å²) in [5.41, 5.74) is 6.20. The standard InChI is InChI=1S/C21H25N3O4/c1-13-7-6-8-17(15(13)3)22-20(25)11-14(2)23-24-21(26)16-9-10-18(27-4)19(12-16)28-5/h6-10,12H,11H2,1-5H3,(H,22,25)(H,24,26)/b23-14+. The first kappa shape index (κ1) is 21.0. The maximum Gasteiger partial charge on any atom is 0.271 e. The van der Waals surface area contributed by atoms with E-state index in [9.17, 15) is 9.59 Å². The zero-order valence-electron chi connectivity index (χ0n) is 16.8. The van der Waals surface area contributed by atoms with Crippen molar-refractivity contribution in [3.63, 3.8) is 0 Å². The molecule has 2 amide bonds. The highest BCUT2D eigenvalue weighted by atomic mass is 16.5. The second-order valence-electron chi connectivity index (χ2n) is 6.33. The van der Waals surface area contributed by atoms with Crippen molar-refractivity contribution in [1.29, 1.82) is 0 Å². The van der Waals surface area contributed by atoms with Crippen LogP contribution in [0.1, 0.15) is 34.8 Å². The van der Waals surface area contributed by atoms with E-state index in [1.165, 1.54) is 14.2 Å². The molecule has 0 aliphatic carbocycles. The van der Waals surface area contributed by atoms with Gasteiger partial charge in [0.15, 0.2) is 11.5 Å². The van der Waals surface area contributed by atoms with Crippen LogP contribution in [-0.4, -0.2) is 31.7 Å². The van der Waals surface area contributed by atoms with Crippen LogP contribution in [0.4, 0.5) is 5.69 Å². The smallest absolute Gasteiger partial charge is 0.271 e. The molecule has 0 unspecified atom stereocenters. The van der Waals surface area contributed by atoms with Gasteiger partial charge in [0.05, 0.1) is 20.6 Å². The number of methoxy groups -OCH3 is 2. The van der Waals surface area contributed by atoms with Gasteiger partial charge in [-0.3, -0.25) is 9.59 Å². The molecule has 2 N–H and O–H groups in total. The number of nitrogens with zero attached hydrogens (tertiary/aromatic N) is 1. The van der Waals surface area contributed by atoms with Crippen LogP contribution in [0.5, 0.6) is 11.5 Å². The molecule has 0 heterocycles. The molecule has 0 aliphatic heterocycles. The van der Waals surface area contributed by atoms with Crippen molar-refractivity contribution >= 4 is 23.2 Å². The Kier molecular flexibility index (Phi) is 7.14. The molecule has 0 spiro atoms. The van der Waals surface area contributed by atoms with Crippen LogP contribution in [0.2, 0.25) is 0 Å². The van der Waals surface area contributed by atoms with E-state index in [-0.39, 0.29) is 12.3 Å². The van der Waals surface area contributed by atoms with Crippen LogP contribution in [-0.2, 0) is 4.79 Å². The lowest BCUT2D eigenvalue weighted by atomic mass is 10.1. The molecule has 0 bridgehead atoms. The van der Waals surface area contributed by atoms with Crippen LogP contribution in [0.25, 0.3) is 0 Å². The number of nitrogens with one attached hydrogen (secondary N) is 2. The molecular weight excluding hydrogens is 358 g/mol. The number of hydrazone groups is 1. The third kappa shape index (κ3) is 5.33. The van der Waals surface area contributed by atoms with Gasteiger partial charge in [-0.25, -0.2) is 5.43 Å². The number of aryl methyl sites for hydroxylation is 1. The maximum atomic E-state index is 12.3.